The third-order valence-electron chi connectivity index (χ3n) is 11.7. The fraction of sp³-hybridized carbons (Fsp3) is 0.0612. The zero-order valence-electron chi connectivity index (χ0n) is 29.2. The molecule has 3 nitrogen and oxygen atoms in total. The first-order valence-corrected chi connectivity index (χ1v) is 18.4. The van der Waals surface area contributed by atoms with Crippen LogP contribution in [0.15, 0.2) is 182 Å². The van der Waals surface area contributed by atoms with Crippen molar-refractivity contribution in [1.82, 2.24) is 0 Å². The molecule has 2 atom stereocenters. The topological polar surface area (TPSA) is 21.7 Å². The summed E-state index contributed by atoms with van der Waals surface area (Å²) in [5.74, 6) is 3.47. The third kappa shape index (κ3) is 4.48. The molecule has 11 rings (SSSR count). The van der Waals surface area contributed by atoms with Gasteiger partial charge in [0.25, 0.3) is 6.71 Å². The molecule has 2 unspecified atom stereocenters. The highest BCUT2D eigenvalue weighted by molar-refractivity contribution is 6.98. The van der Waals surface area contributed by atoms with Crippen molar-refractivity contribution in [1.29, 1.82) is 0 Å². The fourth-order valence-corrected chi connectivity index (χ4v) is 9.13. The number of benzene rings is 7. The van der Waals surface area contributed by atoms with E-state index in [0.29, 0.717) is 0 Å². The Labute approximate surface area is 310 Å². The standard InChI is InChI=1S/C49H34BNO2/c1-49-29-11-10-24-45(49)51(42-23-9-8-20-39(42)49)36-27-25-32(26-28-36)35-30-43-46-44(31-35)53-48-38(34-16-6-3-7-17-34)19-13-22-41(48)50(46)40-21-12-18-37(47(40)52-43)33-14-4-2-5-15-33/h2-31,45H,1H3. The summed E-state index contributed by atoms with van der Waals surface area (Å²) in [7, 11) is 0. The quantitative estimate of drug-likeness (QED) is 0.173. The summed E-state index contributed by atoms with van der Waals surface area (Å²) in [4.78, 5) is 2.48. The minimum atomic E-state index is -0.0832. The van der Waals surface area contributed by atoms with E-state index in [1.54, 1.807) is 0 Å². The number of hydrogen-bond acceptors (Lipinski definition) is 3. The van der Waals surface area contributed by atoms with Gasteiger partial charge in [0, 0.05) is 33.4 Å². The van der Waals surface area contributed by atoms with Gasteiger partial charge in [-0.3, -0.25) is 0 Å². The Morgan fingerprint density at radius 2 is 1.13 bits per heavy atom. The van der Waals surface area contributed by atoms with Crippen molar-refractivity contribution in [3.8, 4) is 56.4 Å². The van der Waals surface area contributed by atoms with Gasteiger partial charge in [0.1, 0.15) is 23.0 Å². The Balaban J connectivity index is 1.06. The van der Waals surface area contributed by atoms with Crippen LogP contribution in [0.1, 0.15) is 12.5 Å². The normalized spacial score (nSPS) is 18.2. The van der Waals surface area contributed by atoms with Crippen molar-refractivity contribution < 1.29 is 9.47 Å². The highest BCUT2D eigenvalue weighted by Crippen LogP contribution is 2.51. The summed E-state index contributed by atoms with van der Waals surface area (Å²) in [5.41, 5.74) is 13.7. The Morgan fingerprint density at radius 3 is 1.75 bits per heavy atom. The van der Waals surface area contributed by atoms with Crippen LogP contribution >= 0.6 is 0 Å². The van der Waals surface area contributed by atoms with Crippen molar-refractivity contribution in [2.75, 3.05) is 4.90 Å². The molecule has 7 aromatic rings. The van der Waals surface area contributed by atoms with Gasteiger partial charge in [0.15, 0.2) is 0 Å². The molecule has 1 aliphatic carbocycles. The lowest BCUT2D eigenvalue weighted by molar-refractivity contribution is 0.466. The van der Waals surface area contributed by atoms with Crippen LogP contribution in [0.4, 0.5) is 11.4 Å². The summed E-state index contributed by atoms with van der Waals surface area (Å²) in [6, 6.07) is 56.6. The van der Waals surface area contributed by atoms with Crippen molar-refractivity contribution in [3.63, 3.8) is 0 Å². The highest BCUT2D eigenvalue weighted by atomic mass is 16.5. The predicted molar refractivity (Wildman–Crippen MR) is 218 cm³/mol. The molecular formula is C49H34BNO2. The zero-order valence-corrected chi connectivity index (χ0v) is 29.2. The molecule has 0 saturated carbocycles. The van der Waals surface area contributed by atoms with Crippen LogP contribution in [-0.4, -0.2) is 12.8 Å². The van der Waals surface area contributed by atoms with Gasteiger partial charge in [0.2, 0.25) is 0 Å². The van der Waals surface area contributed by atoms with Crippen LogP contribution in [0.3, 0.4) is 0 Å². The molecule has 0 amide bonds. The molecule has 0 N–H and O–H groups in total. The SMILES string of the molecule is CC12C=CC=CC1N(c1ccc(-c3cc4c5c(c3)Oc3c(cccc3-c3ccccc3)B5c3cccc(-c5ccccc5)c3O4)cc1)c1ccccc12. The molecule has 0 radical (unpaired) electrons. The summed E-state index contributed by atoms with van der Waals surface area (Å²) in [6.07, 6.45) is 9.03. The first-order chi connectivity index (χ1) is 26.2. The summed E-state index contributed by atoms with van der Waals surface area (Å²) in [6.45, 7) is 2.30. The lowest BCUT2D eigenvalue weighted by Crippen LogP contribution is -2.57. The second-order valence-electron chi connectivity index (χ2n) is 14.6. The second kappa shape index (κ2) is 11.5. The van der Waals surface area contributed by atoms with E-state index in [9.17, 15) is 0 Å². The minimum absolute atomic E-state index is 0.0432. The van der Waals surface area contributed by atoms with Gasteiger partial charge in [0.05, 0.1) is 6.04 Å². The van der Waals surface area contributed by atoms with Gasteiger partial charge in [-0.05, 0) is 76.0 Å². The molecule has 0 fully saturated rings. The smallest absolute Gasteiger partial charge is 0.260 e. The number of rotatable bonds is 4. The monoisotopic (exact) mass is 679 g/mol. The number of anilines is 2. The third-order valence-corrected chi connectivity index (χ3v) is 11.7. The molecule has 0 spiro atoms. The predicted octanol–water partition coefficient (Wildman–Crippen LogP) is 10.3. The van der Waals surface area contributed by atoms with E-state index >= 15 is 0 Å². The minimum Gasteiger partial charge on any atom is -0.458 e. The van der Waals surface area contributed by atoms with E-state index in [-0.39, 0.29) is 18.2 Å². The molecule has 4 heteroatoms. The average Bonchev–Trinajstić information content (AvgIpc) is 3.49. The van der Waals surface area contributed by atoms with Crippen LogP contribution in [0.5, 0.6) is 23.0 Å². The lowest BCUT2D eigenvalue weighted by Gasteiger charge is -2.35. The van der Waals surface area contributed by atoms with Crippen molar-refractivity contribution >= 4 is 34.5 Å². The van der Waals surface area contributed by atoms with Crippen LogP contribution in [0.2, 0.25) is 0 Å². The highest BCUT2D eigenvalue weighted by Gasteiger charge is 2.46. The maximum Gasteiger partial charge on any atom is 0.260 e. The van der Waals surface area contributed by atoms with E-state index in [4.69, 9.17) is 9.47 Å². The molecule has 0 bridgehead atoms. The van der Waals surface area contributed by atoms with E-state index in [2.05, 4.69) is 194 Å². The Morgan fingerprint density at radius 1 is 0.547 bits per heavy atom. The second-order valence-corrected chi connectivity index (χ2v) is 14.6. The summed E-state index contributed by atoms with van der Waals surface area (Å²) >= 11 is 0. The lowest BCUT2D eigenvalue weighted by atomic mass is 9.34. The van der Waals surface area contributed by atoms with E-state index in [1.807, 2.05) is 0 Å². The van der Waals surface area contributed by atoms with Crippen molar-refractivity contribution in [2.45, 2.75) is 18.4 Å². The van der Waals surface area contributed by atoms with Gasteiger partial charge in [-0.15, -0.1) is 0 Å². The van der Waals surface area contributed by atoms with Gasteiger partial charge in [-0.25, -0.2) is 0 Å². The Hall–Kier alpha value is -6.52. The first-order valence-electron chi connectivity index (χ1n) is 18.4. The molecule has 250 valence electrons. The van der Waals surface area contributed by atoms with Crippen molar-refractivity contribution in [2.24, 2.45) is 0 Å². The molecule has 53 heavy (non-hydrogen) atoms. The Bertz CT molecular complexity index is 2530. The van der Waals surface area contributed by atoms with E-state index in [1.165, 1.54) is 16.9 Å². The van der Waals surface area contributed by atoms with E-state index in [0.717, 1.165) is 72.8 Å². The molecule has 0 aromatic heterocycles. The van der Waals surface area contributed by atoms with E-state index < -0.39 is 0 Å². The number of ether oxygens (including phenoxy) is 2. The molecule has 3 heterocycles. The summed E-state index contributed by atoms with van der Waals surface area (Å²) < 4.78 is 14.0. The summed E-state index contributed by atoms with van der Waals surface area (Å²) in [5, 5.41) is 0. The van der Waals surface area contributed by atoms with Gasteiger partial charge in [-0.1, -0.05) is 152 Å². The number of nitrogens with zero attached hydrogens (tertiary/aromatic N) is 1. The maximum atomic E-state index is 7.01. The largest absolute Gasteiger partial charge is 0.458 e. The molecule has 7 aromatic carbocycles. The molecule has 4 aliphatic rings. The molecule has 3 aliphatic heterocycles. The number of hydrogen-bond donors (Lipinski definition) is 0. The van der Waals surface area contributed by atoms with Gasteiger partial charge in [-0.2, -0.15) is 0 Å². The molecular weight excluding hydrogens is 645 g/mol. The van der Waals surface area contributed by atoms with Crippen LogP contribution in [0.25, 0.3) is 33.4 Å². The van der Waals surface area contributed by atoms with Crippen LogP contribution in [0, 0.1) is 0 Å². The van der Waals surface area contributed by atoms with Crippen molar-refractivity contribution in [3.05, 3.63) is 188 Å². The maximum absolute atomic E-state index is 7.01. The molecule has 0 saturated heterocycles. The number of para-hydroxylation sites is 3. The van der Waals surface area contributed by atoms with Gasteiger partial charge >= 0.3 is 0 Å². The fourth-order valence-electron chi connectivity index (χ4n) is 9.13. The Kier molecular flexibility index (Phi) is 6.54. The van der Waals surface area contributed by atoms with Gasteiger partial charge < -0.3 is 14.4 Å². The zero-order chi connectivity index (χ0) is 35.1. The van der Waals surface area contributed by atoms with Crippen LogP contribution in [-0.2, 0) is 5.41 Å². The average molecular weight is 680 g/mol. The van der Waals surface area contributed by atoms with Crippen LogP contribution < -0.4 is 30.8 Å². The number of allylic oxidation sites excluding steroid dienone is 2. The first kappa shape index (κ1) is 30.1. The number of fused-ring (bicyclic) bond motifs is 7.